The third-order valence-electron chi connectivity index (χ3n) is 1.94. The van der Waals surface area contributed by atoms with Crippen LogP contribution in [0.2, 0.25) is 0 Å². The highest BCUT2D eigenvalue weighted by atomic mass is 32.2. The fourth-order valence-electron chi connectivity index (χ4n) is 1.03. The van der Waals surface area contributed by atoms with Gasteiger partial charge in [-0.15, -0.1) is 0 Å². The van der Waals surface area contributed by atoms with Gasteiger partial charge in [0, 0.05) is 7.05 Å². The van der Waals surface area contributed by atoms with Crippen molar-refractivity contribution < 1.29 is 31.5 Å². The van der Waals surface area contributed by atoms with Crippen molar-refractivity contribution >= 4 is 16.2 Å². The van der Waals surface area contributed by atoms with Gasteiger partial charge in [-0.1, -0.05) is 6.92 Å². The van der Waals surface area contributed by atoms with Crippen molar-refractivity contribution in [3.63, 3.8) is 0 Å². The second-order valence-electron chi connectivity index (χ2n) is 3.22. The maximum atomic E-state index is 11.8. The molecule has 1 unspecified atom stereocenters. The summed E-state index contributed by atoms with van der Waals surface area (Å²) in [5, 5.41) is 8.68. The van der Waals surface area contributed by atoms with Crippen LogP contribution in [-0.2, 0) is 15.0 Å². The molecule has 17 heavy (non-hydrogen) atoms. The molecule has 0 rings (SSSR count). The van der Waals surface area contributed by atoms with Crippen molar-refractivity contribution in [1.82, 2.24) is 9.03 Å². The molecule has 10 heteroatoms. The summed E-state index contributed by atoms with van der Waals surface area (Å²) in [5.41, 5.74) is 0. The zero-order valence-electron chi connectivity index (χ0n) is 9.15. The predicted octanol–water partition coefficient (Wildman–Crippen LogP) is 0.178. The van der Waals surface area contributed by atoms with Crippen LogP contribution in [0.15, 0.2) is 0 Å². The molecule has 0 saturated carbocycles. The van der Waals surface area contributed by atoms with Crippen molar-refractivity contribution in [3.05, 3.63) is 0 Å². The first-order valence-electron chi connectivity index (χ1n) is 4.53. The van der Waals surface area contributed by atoms with Crippen LogP contribution in [0.25, 0.3) is 0 Å². The molecule has 0 amide bonds. The zero-order chi connectivity index (χ0) is 13.9. The van der Waals surface area contributed by atoms with Gasteiger partial charge in [0.15, 0.2) is 0 Å². The molecule has 0 fully saturated rings. The Hall–Kier alpha value is -0.870. The molecule has 1 atom stereocenters. The van der Waals surface area contributed by atoms with E-state index in [1.54, 1.807) is 0 Å². The molecule has 0 saturated heterocycles. The van der Waals surface area contributed by atoms with Gasteiger partial charge in [0.25, 0.3) is 10.2 Å². The number of hydrogen-bond acceptors (Lipinski definition) is 3. The molecule has 0 aliphatic carbocycles. The highest BCUT2D eigenvalue weighted by Crippen LogP contribution is 2.14. The Balaban J connectivity index is 4.76. The quantitative estimate of drug-likeness (QED) is 0.725. The Morgan fingerprint density at radius 1 is 1.47 bits per heavy atom. The predicted molar refractivity (Wildman–Crippen MR) is 52.5 cm³/mol. The SMILES string of the molecule is CCC(C(=O)O)N(C)S(=O)(=O)NCC(F)(F)F. The highest BCUT2D eigenvalue weighted by molar-refractivity contribution is 7.87. The average molecular weight is 278 g/mol. The van der Waals surface area contributed by atoms with Crippen molar-refractivity contribution in [2.75, 3.05) is 13.6 Å². The third kappa shape index (κ3) is 5.33. The average Bonchev–Trinajstić information content (AvgIpc) is 2.14. The summed E-state index contributed by atoms with van der Waals surface area (Å²) in [6, 6.07) is -1.40. The van der Waals surface area contributed by atoms with E-state index in [2.05, 4.69) is 0 Å². The Morgan fingerprint density at radius 3 is 2.24 bits per heavy atom. The number of carboxylic acids is 1. The van der Waals surface area contributed by atoms with Crippen LogP contribution >= 0.6 is 0 Å². The smallest absolute Gasteiger partial charge is 0.402 e. The second kappa shape index (κ2) is 5.65. The van der Waals surface area contributed by atoms with Crippen LogP contribution in [-0.4, -0.2) is 49.6 Å². The van der Waals surface area contributed by atoms with Gasteiger partial charge in [-0.25, -0.2) is 0 Å². The second-order valence-corrected chi connectivity index (χ2v) is 5.03. The van der Waals surface area contributed by atoms with Crippen LogP contribution in [0.5, 0.6) is 0 Å². The van der Waals surface area contributed by atoms with Crippen LogP contribution in [0.3, 0.4) is 0 Å². The summed E-state index contributed by atoms with van der Waals surface area (Å²) in [4.78, 5) is 10.7. The van der Waals surface area contributed by atoms with Gasteiger partial charge in [-0.05, 0) is 6.42 Å². The topological polar surface area (TPSA) is 86.7 Å². The summed E-state index contributed by atoms with van der Waals surface area (Å²) in [6.07, 6.45) is -4.75. The molecule has 0 aromatic rings. The standard InChI is InChI=1S/C7H13F3N2O4S/c1-3-5(6(13)14)12(2)17(15,16)11-4-7(8,9)10/h5,11H,3-4H2,1-2H3,(H,13,14). The molecule has 0 aromatic heterocycles. The summed E-state index contributed by atoms with van der Waals surface area (Å²) in [6.45, 7) is -0.329. The zero-order valence-corrected chi connectivity index (χ0v) is 9.97. The lowest BCUT2D eigenvalue weighted by molar-refractivity contribution is -0.141. The molecule has 6 nitrogen and oxygen atoms in total. The fraction of sp³-hybridized carbons (Fsp3) is 0.857. The van der Waals surface area contributed by atoms with Crippen LogP contribution < -0.4 is 4.72 Å². The fourth-order valence-corrected chi connectivity index (χ4v) is 2.15. The van der Waals surface area contributed by atoms with Gasteiger partial charge in [-0.2, -0.15) is 30.6 Å². The van der Waals surface area contributed by atoms with Crippen molar-refractivity contribution in [2.45, 2.75) is 25.6 Å². The molecular formula is C7H13F3N2O4S. The summed E-state index contributed by atoms with van der Waals surface area (Å²) in [7, 11) is -3.56. The first-order valence-corrected chi connectivity index (χ1v) is 5.97. The molecule has 102 valence electrons. The van der Waals surface area contributed by atoms with Gasteiger partial charge in [-0.3, -0.25) is 4.79 Å². The first kappa shape index (κ1) is 16.1. The Morgan fingerprint density at radius 2 is 1.94 bits per heavy atom. The molecule has 0 radical (unpaired) electrons. The number of aliphatic carboxylic acids is 1. The van der Waals surface area contributed by atoms with Gasteiger partial charge in [0.1, 0.15) is 12.6 Å². The number of carbonyl (C=O) groups is 1. The lowest BCUT2D eigenvalue weighted by atomic mass is 10.2. The molecule has 0 heterocycles. The van der Waals surface area contributed by atoms with E-state index in [1.807, 2.05) is 0 Å². The summed E-state index contributed by atoms with van der Waals surface area (Å²) < 4.78 is 59.8. The monoisotopic (exact) mass is 278 g/mol. The maximum Gasteiger partial charge on any atom is 0.402 e. The number of nitrogens with one attached hydrogen (secondary N) is 1. The number of carboxylic acid groups (broad SMARTS) is 1. The summed E-state index contributed by atoms with van der Waals surface area (Å²) >= 11 is 0. The minimum atomic E-state index is -4.70. The number of halogens is 3. The molecule has 0 aromatic carbocycles. The van der Waals surface area contributed by atoms with Gasteiger partial charge in [0.2, 0.25) is 0 Å². The minimum Gasteiger partial charge on any atom is -0.480 e. The molecule has 0 aliphatic rings. The van der Waals surface area contributed by atoms with E-state index in [9.17, 15) is 26.4 Å². The first-order chi connectivity index (χ1) is 7.51. The highest BCUT2D eigenvalue weighted by Gasteiger charge is 2.34. The van der Waals surface area contributed by atoms with Crippen LogP contribution in [0.4, 0.5) is 13.2 Å². The number of likely N-dealkylation sites (N-methyl/N-ethyl adjacent to an activating group) is 1. The largest absolute Gasteiger partial charge is 0.480 e. The summed E-state index contributed by atoms with van der Waals surface area (Å²) in [5.74, 6) is -1.42. The van der Waals surface area contributed by atoms with Gasteiger partial charge < -0.3 is 5.11 Å². The van der Waals surface area contributed by atoms with Crippen LogP contribution in [0.1, 0.15) is 13.3 Å². The van der Waals surface area contributed by atoms with Crippen molar-refractivity contribution in [2.24, 2.45) is 0 Å². The molecule has 0 aliphatic heterocycles. The van der Waals surface area contributed by atoms with Gasteiger partial charge >= 0.3 is 12.1 Å². The lowest BCUT2D eigenvalue weighted by Crippen LogP contribution is -2.49. The lowest BCUT2D eigenvalue weighted by Gasteiger charge is -2.23. The van der Waals surface area contributed by atoms with Crippen LogP contribution in [0, 0.1) is 0 Å². The molecule has 0 bridgehead atoms. The molecule has 2 N–H and O–H groups in total. The van der Waals surface area contributed by atoms with E-state index >= 15 is 0 Å². The Labute approximate surface area is 96.6 Å². The third-order valence-corrected chi connectivity index (χ3v) is 3.47. The minimum absolute atomic E-state index is 0.0568. The van der Waals surface area contributed by atoms with E-state index in [1.165, 1.54) is 11.6 Å². The Kier molecular flexibility index (Phi) is 5.36. The number of hydrogen-bond donors (Lipinski definition) is 2. The van der Waals surface area contributed by atoms with E-state index in [0.717, 1.165) is 7.05 Å². The molecule has 0 spiro atoms. The number of nitrogens with zero attached hydrogens (tertiary/aromatic N) is 1. The van der Waals surface area contributed by atoms with E-state index < -0.39 is 34.9 Å². The van der Waals surface area contributed by atoms with Gasteiger partial charge in [0.05, 0.1) is 0 Å². The van der Waals surface area contributed by atoms with Crippen molar-refractivity contribution in [1.29, 1.82) is 0 Å². The van der Waals surface area contributed by atoms with E-state index in [4.69, 9.17) is 5.11 Å². The van der Waals surface area contributed by atoms with E-state index in [0.29, 0.717) is 4.31 Å². The normalized spacial score (nSPS) is 14.9. The number of alkyl halides is 3. The molecular weight excluding hydrogens is 265 g/mol. The van der Waals surface area contributed by atoms with E-state index in [-0.39, 0.29) is 6.42 Å². The van der Waals surface area contributed by atoms with Crippen molar-refractivity contribution in [3.8, 4) is 0 Å². The maximum absolute atomic E-state index is 11.8. The Bertz CT molecular complexity index is 368. The number of rotatable bonds is 6.